The predicted octanol–water partition coefficient (Wildman–Crippen LogP) is 1.31. The van der Waals surface area contributed by atoms with E-state index in [4.69, 9.17) is 5.11 Å². The molecule has 1 aliphatic carbocycles. The van der Waals surface area contributed by atoms with E-state index in [2.05, 4.69) is 17.5 Å². The standard InChI is InChI=1S/C10H19NO/c1-9(8-12)11-7-10-5-3-2-4-6-10/h2-3,9-12H,4-8H2,1H3/t9-,10-/m1/s1. The van der Waals surface area contributed by atoms with Crippen LogP contribution in [0, 0.1) is 5.92 Å². The van der Waals surface area contributed by atoms with Gasteiger partial charge in [-0.15, -0.1) is 0 Å². The topological polar surface area (TPSA) is 32.3 Å². The molecule has 70 valence electrons. The third kappa shape index (κ3) is 3.37. The van der Waals surface area contributed by atoms with Gasteiger partial charge in [-0.3, -0.25) is 0 Å². The van der Waals surface area contributed by atoms with Gasteiger partial charge in [0.2, 0.25) is 0 Å². The van der Waals surface area contributed by atoms with Gasteiger partial charge in [0.05, 0.1) is 6.61 Å². The minimum Gasteiger partial charge on any atom is -0.395 e. The van der Waals surface area contributed by atoms with Crippen molar-refractivity contribution < 1.29 is 5.11 Å². The molecular weight excluding hydrogens is 150 g/mol. The molecule has 2 heteroatoms. The van der Waals surface area contributed by atoms with Crippen LogP contribution in [0.25, 0.3) is 0 Å². The molecule has 2 N–H and O–H groups in total. The zero-order valence-electron chi connectivity index (χ0n) is 7.79. The molecule has 12 heavy (non-hydrogen) atoms. The van der Waals surface area contributed by atoms with Crippen LogP contribution < -0.4 is 5.32 Å². The molecule has 1 aliphatic rings. The van der Waals surface area contributed by atoms with Crippen LogP contribution in [0.3, 0.4) is 0 Å². The Morgan fingerprint density at radius 2 is 2.42 bits per heavy atom. The van der Waals surface area contributed by atoms with Gasteiger partial charge in [0.1, 0.15) is 0 Å². The fraction of sp³-hybridized carbons (Fsp3) is 0.800. The first-order chi connectivity index (χ1) is 5.83. The Hall–Kier alpha value is -0.340. The van der Waals surface area contributed by atoms with Crippen LogP contribution >= 0.6 is 0 Å². The summed E-state index contributed by atoms with van der Waals surface area (Å²) in [6, 6.07) is 0.246. The van der Waals surface area contributed by atoms with Crippen molar-refractivity contribution in [3.05, 3.63) is 12.2 Å². The first kappa shape index (κ1) is 9.75. The van der Waals surface area contributed by atoms with Crippen LogP contribution in [0.2, 0.25) is 0 Å². The summed E-state index contributed by atoms with van der Waals surface area (Å²) in [5, 5.41) is 12.1. The fourth-order valence-corrected chi connectivity index (χ4v) is 1.47. The minimum atomic E-state index is 0.239. The van der Waals surface area contributed by atoms with E-state index in [1.54, 1.807) is 0 Å². The third-order valence-electron chi connectivity index (χ3n) is 2.41. The summed E-state index contributed by atoms with van der Waals surface area (Å²) in [5.41, 5.74) is 0. The van der Waals surface area contributed by atoms with Crippen molar-refractivity contribution in [1.82, 2.24) is 5.32 Å². The SMILES string of the molecule is C[C@H](CO)NC[C@@H]1CC=CCC1. The van der Waals surface area contributed by atoms with Gasteiger partial charge in [-0.2, -0.15) is 0 Å². The average molecular weight is 169 g/mol. The summed E-state index contributed by atoms with van der Waals surface area (Å²) < 4.78 is 0. The molecule has 0 aliphatic heterocycles. The predicted molar refractivity (Wildman–Crippen MR) is 51.0 cm³/mol. The summed E-state index contributed by atoms with van der Waals surface area (Å²) in [4.78, 5) is 0. The van der Waals surface area contributed by atoms with Crippen molar-refractivity contribution in [3.8, 4) is 0 Å². The molecule has 0 bridgehead atoms. The zero-order chi connectivity index (χ0) is 8.81. The smallest absolute Gasteiger partial charge is 0.0581 e. The molecule has 0 unspecified atom stereocenters. The molecule has 0 spiro atoms. The number of nitrogens with one attached hydrogen (secondary N) is 1. The van der Waals surface area contributed by atoms with E-state index in [0.717, 1.165) is 12.5 Å². The Labute approximate surface area is 74.7 Å². The van der Waals surface area contributed by atoms with Crippen LogP contribution in [0.1, 0.15) is 26.2 Å². The monoisotopic (exact) mass is 169 g/mol. The number of rotatable bonds is 4. The van der Waals surface area contributed by atoms with Crippen LogP contribution in [0.4, 0.5) is 0 Å². The highest BCUT2D eigenvalue weighted by molar-refractivity contribution is 4.90. The van der Waals surface area contributed by atoms with Gasteiger partial charge in [-0.05, 0) is 38.6 Å². The molecule has 0 aromatic carbocycles. The second-order valence-electron chi connectivity index (χ2n) is 3.64. The van der Waals surface area contributed by atoms with Crippen LogP contribution in [-0.2, 0) is 0 Å². The van der Waals surface area contributed by atoms with Crippen molar-refractivity contribution in [2.75, 3.05) is 13.2 Å². The van der Waals surface area contributed by atoms with Gasteiger partial charge in [0.25, 0.3) is 0 Å². The van der Waals surface area contributed by atoms with Gasteiger partial charge in [-0.25, -0.2) is 0 Å². The maximum atomic E-state index is 8.79. The normalized spacial score (nSPS) is 25.7. The summed E-state index contributed by atoms with van der Waals surface area (Å²) in [6.45, 7) is 3.30. The van der Waals surface area contributed by atoms with Gasteiger partial charge >= 0.3 is 0 Å². The van der Waals surface area contributed by atoms with Crippen molar-refractivity contribution >= 4 is 0 Å². The first-order valence-corrected chi connectivity index (χ1v) is 4.82. The van der Waals surface area contributed by atoms with Crippen molar-refractivity contribution in [2.24, 2.45) is 5.92 Å². The third-order valence-corrected chi connectivity index (χ3v) is 2.41. The summed E-state index contributed by atoms with van der Waals surface area (Å²) in [6.07, 6.45) is 8.23. The molecule has 0 aromatic heterocycles. The molecule has 0 saturated carbocycles. The quantitative estimate of drug-likeness (QED) is 0.622. The molecule has 0 heterocycles. The number of hydrogen-bond donors (Lipinski definition) is 2. The molecule has 2 nitrogen and oxygen atoms in total. The van der Waals surface area contributed by atoms with E-state index in [1.807, 2.05) is 6.92 Å². The van der Waals surface area contributed by atoms with Crippen molar-refractivity contribution in [1.29, 1.82) is 0 Å². The lowest BCUT2D eigenvalue weighted by Gasteiger charge is -2.20. The second-order valence-corrected chi connectivity index (χ2v) is 3.64. The van der Waals surface area contributed by atoms with E-state index < -0.39 is 0 Å². The number of allylic oxidation sites excluding steroid dienone is 2. The lowest BCUT2D eigenvalue weighted by molar-refractivity contribution is 0.244. The van der Waals surface area contributed by atoms with Crippen LogP contribution in [0.5, 0.6) is 0 Å². The Morgan fingerprint density at radius 3 is 3.00 bits per heavy atom. The molecular formula is C10H19NO. The maximum absolute atomic E-state index is 8.79. The molecule has 1 rings (SSSR count). The van der Waals surface area contributed by atoms with E-state index in [1.165, 1.54) is 19.3 Å². The van der Waals surface area contributed by atoms with Crippen LogP contribution in [0.15, 0.2) is 12.2 Å². The largest absolute Gasteiger partial charge is 0.395 e. The summed E-state index contributed by atoms with van der Waals surface area (Å²) >= 11 is 0. The maximum Gasteiger partial charge on any atom is 0.0581 e. The van der Waals surface area contributed by atoms with E-state index in [9.17, 15) is 0 Å². The zero-order valence-corrected chi connectivity index (χ0v) is 7.79. The molecule has 2 atom stereocenters. The van der Waals surface area contributed by atoms with E-state index in [-0.39, 0.29) is 12.6 Å². The average Bonchev–Trinajstić information content (AvgIpc) is 2.16. The van der Waals surface area contributed by atoms with Gasteiger partial charge in [-0.1, -0.05) is 12.2 Å². The van der Waals surface area contributed by atoms with E-state index in [0.29, 0.717) is 0 Å². The fourth-order valence-electron chi connectivity index (χ4n) is 1.47. The Kier molecular flexibility index (Phi) is 4.33. The molecule has 0 saturated heterocycles. The Balaban J connectivity index is 2.10. The second kappa shape index (κ2) is 5.33. The minimum absolute atomic E-state index is 0.239. The number of aliphatic hydroxyl groups excluding tert-OH is 1. The molecule has 0 radical (unpaired) electrons. The first-order valence-electron chi connectivity index (χ1n) is 4.82. The van der Waals surface area contributed by atoms with E-state index >= 15 is 0 Å². The Morgan fingerprint density at radius 1 is 1.58 bits per heavy atom. The number of hydrogen-bond acceptors (Lipinski definition) is 2. The van der Waals surface area contributed by atoms with Crippen molar-refractivity contribution in [2.45, 2.75) is 32.2 Å². The highest BCUT2D eigenvalue weighted by Crippen LogP contribution is 2.16. The van der Waals surface area contributed by atoms with Crippen molar-refractivity contribution in [3.63, 3.8) is 0 Å². The molecule has 0 aromatic rings. The Bertz CT molecular complexity index is 145. The highest BCUT2D eigenvalue weighted by Gasteiger charge is 2.10. The van der Waals surface area contributed by atoms with Gasteiger partial charge in [0.15, 0.2) is 0 Å². The lowest BCUT2D eigenvalue weighted by Crippen LogP contribution is -2.33. The number of aliphatic hydroxyl groups is 1. The highest BCUT2D eigenvalue weighted by atomic mass is 16.3. The van der Waals surface area contributed by atoms with Gasteiger partial charge in [0, 0.05) is 6.04 Å². The van der Waals surface area contributed by atoms with Crippen LogP contribution in [-0.4, -0.2) is 24.3 Å². The summed E-state index contributed by atoms with van der Waals surface area (Å²) in [5.74, 6) is 0.781. The lowest BCUT2D eigenvalue weighted by atomic mass is 9.94. The van der Waals surface area contributed by atoms with Gasteiger partial charge < -0.3 is 10.4 Å². The molecule has 0 amide bonds. The summed E-state index contributed by atoms with van der Waals surface area (Å²) in [7, 11) is 0. The molecule has 0 fully saturated rings.